The molecule has 0 unspecified atom stereocenters. The zero-order valence-corrected chi connectivity index (χ0v) is 16.1. The van der Waals surface area contributed by atoms with Crippen molar-refractivity contribution >= 4 is 23.5 Å². The molecule has 0 radical (unpaired) electrons. The van der Waals surface area contributed by atoms with E-state index in [1.165, 1.54) is 5.56 Å². The van der Waals surface area contributed by atoms with E-state index in [9.17, 15) is 4.79 Å². The van der Waals surface area contributed by atoms with Crippen LogP contribution in [0.1, 0.15) is 19.4 Å². The smallest absolute Gasteiger partial charge is 0.409 e. The molecule has 1 aliphatic rings. The lowest BCUT2D eigenvalue weighted by molar-refractivity contribution is 0.105. The largest absolute Gasteiger partial charge is 0.450 e. The first-order valence-corrected chi connectivity index (χ1v) is 9.33. The zero-order chi connectivity index (χ0) is 19.2. The highest BCUT2D eigenvalue weighted by Crippen LogP contribution is 2.24. The molecule has 3 rings (SSSR count). The van der Waals surface area contributed by atoms with Crippen LogP contribution in [0.25, 0.3) is 0 Å². The molecule has 1 aromatic heterocycles. The third-order valence-corrected chi connectivity index (χ3v) is 4.53. The average Bonchev–Trinajstić information content (AvgIpc) is 2.69. The van der Waals surface area contributed by atoms with E-state index in [2.05, 4.69) is 52.0 Å². The van der Waals surface area contributed by atoms with E-state index in [0.29, 0.717) is 38.7 Å². The monoisotopic (exact) mass is 370 g/mol. The molecule has 2 aromatic rings. The Labute approximate surface area is 159 Å². The molecule has 0 aliphatic carbocycles. The molecule has 0 saturated carbocycles. The molecule has 8 nitrogen and oxygen atoms in total. The molecule has 1 fully saturated rings. The minimum absolute atomic E-state index is 0.262. The second-order valence-electron chi connectivity index (χ2n) is 6.37. The van der Waals surface area contributed by atoms with Crippen LogP contribution < -0.4 is 9.80 Å². The molecule has 27 heavy (non-hydrogen) atoms. The zero-order valence-electron chi connectivity index (χ0n) is 16.1. The van der Waals surface area contributed by atoms with Gasteiger partial charge >= 0.3 is 6.09 Å². The molecule has 1 aromatic carbocycles. The predicted octanol–water partition coefficient (Wildman–Crippen LogP) is 2.62. The summed E-state index contributed by atoms with van der Waals surface area (Å²) in [6, 6.07) is 8.31. The molecular weight excluding hydrogens is 344 g/mol. The molecular formula is C19H26N6O2. The summed E-state index contributed by atoms with van der Waals surface area (Å²) in [6.45, 7) is 9.61. The first-order valence-electron chi connectivity index (χ1n) is 9.33. The number of rotatable bonds is 5. The summed E-state index contributed by atoms with van der Waals surface area (Å²) in [4.78, 5) is 22.4. The number of amides is 1. The highest BCUT2D eigenvalue weighted by Gasteiger charge is 2.24. The van der Waals surface area contributed by atoms with Gasteiger partial charge in [0.25, 0.3) is 0 Å². The average molecular weight is 370 g/mol. The van der Waals surface area contributed by atoms with Gasteiger partial charge in [-0.3, -0.25) is 0 Å². The quantitative estimate of drug-likeness (QED) is 0.801. The third-order valence-electron chi connectivity index (χ3n) is 4.53. The normalized spacial score (nSPS) is 14.2. The van der Waals surface area contributed by atoms with Gasteiger partial charge in [-0.2, -0.15) is 10.1 Å². The lowest BCUT2D eigenvalue weighted by atomic mass is 10.2. The van der Waals surface area contributed by atoms with Crippen molar-refractivity contribution in [2.45, 2.75) is 20.8 Å². The Kier molecular flexibility index (Phi) is 6.05. The number of benzene rings is 1. The molecule has 8 heteroatoms. The highest BCUT2D eigenvalue weighted by atomic mass is 16.6. The Morgan fingerprint density at radius 3 is 2.67 bits per heavy atom. The van der Waals surface area contributed by atoms with Crippen LogP contribution in [-0.2, 0) is 4.74 Å². The van der Waals surface area contributed by atoms with E-state index in [-0.39, 0.29) is 6.09 Å². The van der Waals surface area contributed by atoms with E-state index < -0.39 is 0 Å². The lowest BCUT2D eigenvalue weighted by Gasteiger charge is -2.34. The van der Waals surface area contributed by atoms with E-state index in [4.69, 9.17) is 9.72 Å². The maximum atomic E-state index is 11.8. The Morgan fingerprint density at radius 2 is 2.00 bits per heavy atom. The molecule has 1 amide bonds. The number of carbonyl (C=O) groups is 1. The van der Waals surface area contributed by atoms with E-state index in [1.807, 2.05) is 13.0 Å². The Balaban J connectivity index is 1.73. The van der Waals surface area contributed by atoms with Crippen molar-refractivity contribution in [3.8, 4) is 0 Å². The van der Waals surface area contributed by atoms with Gasteiger partial charge in [-0.05, 0) is 38.5 Å². The van der Waals surface area contributed by atoms with Crippen molar-refractivity contribution in [2.75, 3.05) is 49.1 Å². The molecule has 0 atom stereocenters. The molecule has 2 heterocycles. The van der Waals surface area contributed by atoms with Crippen molar-refractivity contribution in [2.24, 2.45) is 0 Å². The van der Waals surface area contributed by atoms with Gasteiger partial charge in [0.15, 0.2) is 5.82 Å². The second kappa shape index (κ2) is 8.66. The van der Waals surface area contributed by atoms with Gasteiger partial charge in [-0.15, -0.1) is 5.10 Å². The summed E-state index contributed by atoms with van der Waals surface area (Å²) < 4.78 is 5.06. The SMILES string of the molecule is CCOC(=O)N1CCN(c2nncc(N(CC)c3cccc(C)c3)n2)CC1. The third kappa shape index (κ3) is 4.45. The number of piperazine rings is 1. The fourth-order valence-corrected chi connectivity index (χ4v) is 3.13. The van der Waals surface area contributed by atoms with Crippen LogP contribution in [0.2, 0.25) is 0 Å². The van der Waals surface area contributed by atoms with E-state index in [0.717, 1.165) is 18.1 Å². The van der Waals surface area contributed by atoms with Crippen molar-refractivity contribution < 1.29 is 9.53 Å². The van der Waals surface area contributed by atoms with Crippen LogP contribution >= 0.6 is 0 Å². The summed E-state index contributed by atoms with van der Waals surface area (Å²) in [6.07, 6.45) is 1.42. The van der Waals surface area contributed by atoms with Crippen LogP contribution in [0.3, 0.4) is 0 Å². The Bertz CT molecular complexity index is 776. The minimum atomic E-state index is -0.262. The van der Waals surface area contributed by atoms with Gasteiger partial charge < -0.3 is 19.4 Å². The highest BCUT2D eigenvalue weighted by molar-refractivity contribution is 5.68. The summed E-state index contributed by atoms with van der Waals surface area (Å²) in [5, 5.41) is 8.36. The lowest BCUT2D eigenvalue weighted by Crippen LogP contribution is -2.49. The van der Waals surface area contributed by atoms with Crippen LogP contribution in [0.5, 0.6) is 0 Å². The topological polar surface area (TPSA) is 74.7 Å². The predicted molar refractivity (Wildman–Crippen MR) is 104 cm³/mol. The molecule has 144 valence electrons. The summed E-state index contributed by atoms with van der Waals surface area (Å²) in [5.41, 5.74) is 2.28. The molecule has 0 bridgehead atoms. The number of hydrogen-bond donors (Lipinski definition) is 0. The summed E-state index contributed by atoms with van der Waals surface area (Å²) >= 11 is 0. The Hall–Kier alpha value is -2.90. The number of nitrogens with zero attached hydrogens (tertiary/aromatic N) is 6. The van der Waals surface area contributed by atoms with E-state index in [1.54, 1.807) is 11.1 Å². The maximum absolute atomic E-state index is 11.8. The number of aryl methyl sites for hydroxylation is 1. The number of anilines is 3. The van der Waals surface area contributed by atoms with Crippen LogP contribution in [0, 0.1) is 6.92 Å². The van der Waals surface area contributed by atoms with Crippen molar-refractivity contribution in [3.05, 3.63) is 36.0 Å². The van der Waals surface area contributed by atoms with Gasteiger partial charge in [0, 0.05) is 38.4 Å². The first kappa shape index (κ1) is 18.9. The second-order valence-corrected chi connectivity index (χ2v) is 6.37. The van der Waals surface area contributed by atoms with E-state index >= 15 is 0 Å². The van der Waals surface area contributed by atoms with Gasteiger partial charge in [-0.1, -0.05) is 12.1 Å². The minimum Gasteiger partial charge on any atom is -0.450 e. The number of carbonyl (C=O) groups excluding carboxylic acids is 1. The fourth-order valence-electron chi connectivity index (χ4n) is 3.13. The fraction of sp³-hybridized carbons (Fsp3) is 0.474. The van der Waals surface area contributed by atoms with Crippen LogP contribution in [0.4, 0.5) is 22.2 Å². The van der Waals surface area contributed by atoms with Gasteiger partial charge in [0.1, 0.15) is 0 Å². The van der Waals surface area contributed by atoms with Gasteiger partial charge in [0.2, 0.25) is 5.95 Å². The van der Waals surface area contributed by atoms with Crippen LogP contribution in [0.15, 0.2) is 30.5 Å². The summed E-state index contributed by atoms with van der Waals surface area (Å²) in [7, 11) is 0. The maximum Gasteiger partial charge on any atom is 0.409 e. The number of aromatic nitrogens is 3. The van der Waals surface area contributed by atoms with Crippen molar-refractivity contribution in [1.82, 2.24) is 20.1 Å². The van der Waals surface area contributed by atoms with Gasteiger partial charge in [-0.25, -0.2) is 4.79 Å². The molecule has 0 N–H and O–H groups in total. The van der Waals surface area contributed by atoms with Gasteiger partial charge in [0.05, 0.1) is 12.8 Å². The standard InChI is InChI=1S/C19H26N6O2/c1-4-25(16-8-6-7-15(3)13-16)17-14-20-22-18(21-17)23-9-11-24(12-10-23)19(26)27-5-2/h6-8,13-14H,4-5,9-12H2,1-3H3. The van der Waals surface area contributed by atoms with Crippen molar-refractivity contribution in [3.63, 3.8) is 0 Å². The van der Waals surface area contributed by atoms with Crippen molar-refractivity contribution in [1.29, 1.82) is 0 Å². The Morgan fingerprint density at radius 1 is 1.22 bits per heavy atom. The first-order chi connectivity index (χ1) is 13.1. The number of hydrogen-bond acceptors (Lipinski definition) is 7. The van der Waals surface area contributed by atoms with Crippen LogP contribution in [-0.4, -0.2) is 65.5 Å². The number of ether oxygens (including phenoxy) is 1. The molecule has 0 spiro atoms. The summed E-state index contributed by atoms with van der Waals surface area (Å²) in [5.74, 6) is 1.35. The molecule has 1 aliphatic heterocycles. The molecule has 1 saturated heterocycles.